The van der Waals surface area contributed by atoms with Gasteiger partial charge in [-0.15, -0.1) is 0 Å². The van der Waals surface area contributed by atoms with E-state index in [0.29, 0.717) is 23.6 Å². The van der Waals surface area contributed by atoms with Crippen LogP contribution in [0.15, 0.2) is 50.2 Å². The molecule has 0 atom stereocenters. The van der Waals surface area contributed by atoms with E-state index < -0.39 is 5.63 Å². The zero-order valence-corrected chi connectivity index (χ0v) is 14.1. The largest absolute Gasteiger partial charge is 0.483 e. The minimum Gasteiger partial charge on any atom is -0.483 e. The third-order valence-electron chi connectivity index (χ3n) is 3.91. The van der Waals surface area contributed by atoms with Crippen LogP contribution in [0.3, 0.4) is 0 Å². The molecule has 3 rings (SSSR count). The molecule has 0 aliphatic rings. The van der Waals surface area contributed by atoms with E-state index in [9.17, 15) is 9.59 Å². The number of fused-ring (bicyclic) bond motifs is 1. The van der Waals surface area contributed by atoms with Crippen molar-refractivity contribution in [3.8, 4) is 5.75 Å². The molecule has 1 aromatic carbocycles. The standard InChI is InChI=1S/C19H19NO5/c1-3-13-8-15-12(2)7-19(22)25-17(15)9-16(13)24-11-18(21)20-10-14-5-4-6-23-14/h4-9H,3,10-11H2,1-2H3,(H,20,21). The highest BCUT2D eigenvalue weighted by Crippen LogP contribution is 2.27. The molecular weight excluding hydrogens is 322 g/mol. The first-order chi connectivity index (χ1) is 12.1. The molecule has 0 unspecified atom stereocenters. The molecule has 0 aliphatic carbocycles. The number of amides is 1. The maximum atomic E-state index is 11.9. The number of ether oxygens (including phenoxy) is 1. The van der Waals surface area contributed by atoms with Crippen molar-refractivity contribution in [3.63, 3.8) is 0 Å². The van der Waals surface area contributed by atoms with Crippen molar-refractivity contribution in [1.29, 1.82) is 0 Å². The molecule has 2 aromatic heterocycles. The average Bonchev–Trinajstić information content (AvgIpc) is 3.10. The van der Waals surface area contributed by atoms with Crippen LogP contribution in [0.25, 0.3) is 11.0 Å². The molecule has 130 valence electrons. The molecule has 0 aliphatic heterocycles. The van der Waals surface area contributed by atoms with Gasteiger partial charge in [-0.25, -0.2) is 4.79 Å². The summed E-state index contributed by atoms with van der Waals surface area (Å²) in [5.41, 5.74) is 1.84. The number of carbonyl (C=O) groups excluding carboxylic acids is 1. The molecule has 25 heavy (non-hydrogen) atoms. The van der Waals surface area contributed by atoms with Gasteiger partial charge in [0, 0.05) is 17.5 Å². The molecule has 0 saturated heterocycles. The Morgan fingerprint density at radius 3 is 2.84 bits per heavy atom. The van der Waals surface area contributed by atoms with Gasteiger partial charge in [0.05, 0.1) is 12.8 Å². The van der Waals surface area contributed by atoms with E-state index >= 15 is 0 Å². The average molecular weight is 341 g/mol. The number of benzene rings is 1. The summed E-state index contributed by atoms with van der Waals surface area (Å²) in [6.45, 7) is 4.04. The van der Waals surface area contributed by atoms with Crippen LogP contribution >= 0.6 is 0 Å². The summed E-state index contributed by atoms with van der Waals surface area (Å²) in [5, 5.41) is 3.58. The second-order valence-electron chi connectivity index (χ2n) is 5.70. The van der Waals surface area contributed by atoms with Gasteiger partial charge in [0.2, 0.25) is 0 Å². The van der Waals surface area contributed by atoms with Gasteiger partial charge in [-0.2, -0.15) is 0 Å². The summed E-state index contributed by atoms with van der Waals surface area (Å²) in [6, 6.07) is 8.61. The van der Waals surface area contributed by atoms with Gasteiger partial charge in [0.25, 0.3) is 5.91 Å². The van der Waals surface area contributed by atoms with Crippen LogP contribution in [-0.2, 0) is 17.8 Å². The zero-order valence-electron chi connectivity index (χ0n) is 14.1. The molecule has 3 aromatic rings. The quantitative estimate of drug-likeness (QED) is 0.697. The van der Waals surface area contributed by atoms with Gasteiger partial charge in [-0.1, -0.05) is 6.92 Å². The van der Waals surface area contributed by atoms with Crippen LogP contribution in [0.4, 0.5) is 0 Å². The molecule has 0 fully saturated rings. The van der Waals surface area contributed by atoms with Crippen molar-refractivity contribution in [2.45, 2.75) is 26.8 Å². The van der Waals surface area contributed by atoms with Crippen LogP contribution < -0.4 is 15.7 Å². The lowest BCUT2D eigenvalue weighted by atomic mass is 10.1. The number of carbonyl (C=O) groups is 1. The van der Waals surface area contributed by atoms with E-state index in [2.05, 4.69) is 5.32 Å². The fourth-order valence-corrected chi connectivity index (χ4v) is 2.59. The van der Waals surface area contributed by atoms with Gasteiger partial charge in [0.15, 0.2) is 6.61 Å². The number of furan rings is 1. The van der Waals surface area contributed by atoms with Crippen LogP contribution in [-0.4, -0.2) is 12.5 Å². The Balaban J connectivity index is 1.73. The Hall–Kier alpha value is -3.02. The predicted molar refractivity (Wildman–Crippen MR) is 92.6 cm³/mol. The fourth-order valence-electron chi connectivity index (χ4n) is 2.59. The molecule has 1 amide bonds. The predicted octanol–water partition coefficient (Wildman–Crippen LogP) is 2.95. The van der Waals surface area contributed by atoms with Crippen molar-refractivity contribution in [1.82, 2.24) is 5.32 Å². The van der Waals surface area contributed by atoms with E-state index in [1.54, 1.807) is 24.5 Å². The Kier molecular flexibility index (Phi) is 4.88. The lowest BCUT2D eigenvalue weighted by Gasteiger charge is -2.12. The van der Waals surface area contributed by atoms with Gasteiger partial charge < -0.3 is 18.9 Å². The SMILES string of the molecule is CCc1cc2c(C)cc(=O)oc2cc1OCC(=O)NCc1ccco1. The molecule has 0 radical (unpaired) electrons. The van der Waals surface area contributed by atoms with Crippen molar-refractivity contribution in [2.24, 2.45) is 0 Å². The van der Waals surface area contributed by atoms with Crippen molar-refractivity contribution < 1.29 is 18.4 Å². The minimum atomic E-state index is -0.406. The lowest BCUT2D eigenvalue weighted by molar-refractivity contribution is -0.123. The summed E-state index contributed by atoms with van der Waals surface area (Å²) in [6.07, 6.45) is 2.29. The van der Waals surface area contributed by atoms with Gasteiger partial charge in [-0.3, -0.25) is 4.79 Å². The topological polar surface area (TPSA) is 81.7 Å². The normalized spacial score (nSPS) is 10.8. The van der Waals surface area contributed by atoms with Crippen LogP contribution in [0.2, 0.25) is 0 Å². The molecule has 1 N–H and O–H groups in total. The Morgan fingerprint density at radius 2 is 2.12 bits per heavy atom. The van der Waals surface area contributed by atoms with Gasteiger partial charge >= 0.3 is 5.63 Å². The monoisotopic (exact) mass is 341 g/mol. The molecule has 6 nitrogen and oxygen atoms in total. The molecule has 6 heteroatoms. The molecule has 0 saturated carbocycles. The summed E-state index contributed by atoms with van der Waals surface area (Å²) < 4.78 is 16.0. The van der Waals surface area contributed by atoms with Crippen LogP contribution in [0.5, 0.6) is 5.75 Å². The zero-order chi connectivity index (χ0) is 17.8. The van der Waals surface area contributed by atoms with Crippen molar-refractivity contribution in [2.75, 3.05) is 6.61 Å². The Morgan fingerprint density at radius 1 is 1.28 bits per heavy atom. The first-order valence-electron chi connectivity index (χ1n) is 8.06. The number of rotatable bonds is 6. The third-order valence-corrected chi connectivity index (χ3v) is 3.91. The van der Waals surface area contributed by atoms with E-state index in [4.69, 9.17) is 13.6 Å². The van der Waals surface area contributed by atoms with E-state index in [1.807, 2.05) is 19.9 Å². The van der Waals surface area contributed by atoms with E-state index in [0.717, 1.165) is 22.9 Å². The first-order valence-corrected chi connectivity index (χ1v) is 8.06. The van der Waals surface area contributed by atoms with Crippen molar-refractivity contribution in [3.05, 3.63) is 63.9 Å². The minimum absolute atomic E-state index is 0.130. The molecule has 0 spiro atoms. The maximum Gasteiger partial charge on any atom is 0.336 e. The summed E-state index contributed by atoms with van der Waals surface area (Å²) >= 11 is 0. The second-order valence-corrected chi connectivity index (χ2v) is 5.70. The summed E-state index contributed by atoms with van der Waals surface area (Å²) in [7, 11) is 0. The Labute approximate surface area is 144 Å². The Bertz CT molecular complexity index is 940. The highest BCUT2D eigenvalue weighted by Gasteiger charge is 2.11. The fraction of sp³-hybridized carbons (Fsp3) is 0.263. The van der Waals surface area contributed by atoms with Crippen LogP contribution in [0.1, 0.15) is 23.8 Å². The third kappa shape index (κ3) is 3.91. The molecule has 0 bridgehead atoms. The first kappa shape index (κ1) is 16.8. The van der Waals surface area contributed by atoms with E-state index in [1.165, 1.54) is 6.07 Å². The van der Waals surface area contributed by atoms with Gasteiger partial charge in [0.1, 0.15) is 17.1 Å². The lowest BCUT2D eigenvalue weighted by Crippen LogP contribution is -2.28. The summed E-state index contributed by atoms with van der Waals surface area (Å²) in [4.78, 5) is 23.5. The molecular formula is C19H19NO5. The number of hydrogen-bond acceptors (Lipinski definition) is 5. The highest BCUT2D eigenvalue weighted by atomic mass is 16.5. The molecule has 2 heterocycles. The number of aryl methyl sites for hydroxylation is 2. The van der Waals surface area contributed by atoms with Crippen molar-refractivity contribution >= 4 is 16.9 Å². The van der Waals surface area contributed by atoms with E-state index in [-0.39, 0.29) is 12.5 Å². The van der Waals surface area contributed by atoms with Crippen LogP contribution in [0, 0.1) is 6.92 Å². The maximum absolute atomic E-state index is 11.9. The second kappa shape index (κ2) is 7.25. The highest BCUT2D eigenvalue weighted by molar-refractivity contribution is 5.83. The number of hydrogen-bond donors (Lipinski definition) is 1. The number of nitrogens with one attached hydrogen (secondary N) is 1. The smallest absolute Gasteiger partial charge is 0.336 e. The van der Waals surface area contributed by atoms with Gasteiger partial charge in [-0.05, 0) is 42.7 Å². The summed E-state index contributed by atoms with van der Waals surface area (Å²) in [5.74, 6) is 0.951.